The Labute approximate surface area is 79.2 Å². The molecular formula is C11H16N2. The number of hydrogen-bond donors (Lipinski definition) is 1. The van der Waals surface area contributed by atoms with Crippen molar-refractivity contribution in [3.63, 3.8) is 0 Å². The van der Waals surface area contributed by atoms with E-state index < -0.39 is 0 Å². The van der Waals surface area contributed by atoms with Crippen LogP contribution in [0.3, 0.4) is 0 Å². The highest BCUT2D eigenvalue weighted by Gasteiger charge is 2.38. The molecule has 0 saturated heterocycles. The van der Waals surface area contributed by atoms with Crippen LogP contribution in [0.5, 0.6) is 0 Å². The van der Waals surface area contributed by atoms with Crippen LogP contribution in [0.15, 0.2) is 18.3 Å². The molecule has 13 heavy (non-hydrogen) atoms. The van der Waals surface area contributed by atoms with Crippen molar-refractivity contribution in [2.75, 3.05) is 0 Å². The van der Waals surface area contributed by atoms with E-state index in [9.17, 15) is 0 Å². The summed E-state index contributed by atoms with van der Waals surface area (Å²) in [7, 11) is 0. The minimum Gasteiger partial charge on any atom is -0.324 e. The van der Waals surface area contributed by atoms with Gasteiger partial charge in [0.2, 0.25) is 0 Å². The molecule has 1 heterocycles. The lowest BCUT2D eigenvalue weighted by Gasteiger charge is -2.10. The van der Waals surface area contributed by atoms with Gasteiger partial charge >= 0.3 is 0 Å². The van der Waals surface area contributed by atoms with Gasteiger partial charge in [-0.3, -0.25) is 4.98 Å². The van der Waals surface area contributed by atoms with Crippen LogP contribution in [0.1, 0.15) is 30.6 Å². The van der Waals surface area contributed by atoms with Crippen LogP contribution in [0.2, 0.25) is 0 Å². The molecule has 2 rings (SSSR count). The summed E-state index contributed by atoms with van der Waals surface area (Å²) in [5.74, 6) is 1.49. The van der Waals surface area contributed by atoms with Crippen LogP contribution < -0.4 is 5.73 Å². The average Bonchev–Trinajstić information content (AvgIpc) is 2.83. The van der Waals surface area contributed by atoms with E-state index in [2.05, 4.69) is 18.0 Å². The van der Waals surface area contributed by atoms with Crippen LogP contribution in [0.25, 0.3) is 0 Å². The van der Waals surface area contributed by atoms with Gasteiger partial charge in [0.25, 0.3) is 0 Å². The normalized spacial score (nSPS) is 28.5. The van der Waals surface area contributed by atoms with Crippen LogP contribution in [-0.2, 0) is 0 Å². The summed E-state index contributed by atoms with van der Waals surface area (Å²) in [6.07, 6.45) is 3.18. The molecule has 2 heteroatoms. The van der Waals surface area contributed by atoms with Gasteiger partial charge in [-0.05, 0) is 36.8 Å². The molecule has 1 aliphatic carbocycles. The lowest BCUT2D eigenvalue weighted by Crippen LogP contribution is -2.13. The van der Waals surface area contributed by atoms with Gasteiger partial charge in [-0.15, -0.1) is 0 Å². The molecule has 70 valence electrons. The van der Waals surface area contributed by atoms with E-state index in [0.29, 0.717) is 5.92 Å². The zero-order valence-electron chi connectivity index (χ0n) is 8.20. The maximum atomic E-state index is 6.10. The molecule has 3 unspecified atom stereocenters. The van der Waals surface area contributed by atoms with Crippen LogP contribution >= 0.6 is 0 Å². The van der Waals surface area contributed by atoms with Gasteiger partial charge < -0.3 is 5.73 Å². The standard InChI is InChI=1S/C11H16N2/c1-7-5-10(7)11(12)9-4-3-8(2)13-6-9/h3-4,6-7,10-11H,5,12H2,1-2H3. The van der Waals surface area contributed by atoms with Crippen molar-refractivity contribution in [1.82, 2.24) is 4.98 Å². The zero-order valence-corrected chi connectivity index (χ0v) is 8.20. The number of hydrogen-bond acceptors (Lipinski definition) is 2. The van der Waals surface area contributed by atoms with Crippen LogP contribution in [-0.4, -0.2) is 4.98 Å². The molecule has 0 aromatic carbocycles. The molecule has 1 saturated carbocycles. The van der Waals surface area contributed by atoms with Gasteiger partial charge in [-0.1, -0.05) is 13.0 Å². The predicted octanol–water partition coefficient (Wildman–Crippen LogP) is 2.05. The van der Waals surface area contributed by atoms with E-state index in [4.69, 9.17) is 5.73 Å². The third-order valence-electron chi connectivity index (χ3n) is 2.95. The summed E-state index contributed by atoms with van der Waals surface area (Å²) in [5.41, 5.74) is 8.34. The number of nitrogens with zero attached hydrogens (tertiary/aromatic N) is 1. The second-order valence-corrected chi connectivity index (χ2v) is 4.14. The molecule has 0 spiro atoms. The third kappa shape index (κ3) is 1.73. The average molecular weight is 176 g/mol. The minimum absolute atomic E-state index is 0.197. The smallest absolute Gasteiger partial charge is 0.0372 e. The van der Waals surface area contributed by atoms with Gasteiger partial charge in [0, 0.05) is 17.9 Å². The first-order valence-corrected chi connectivity index (χ1v) is 4.86. The van der Waals surface area contributed by atoms with Crippen molar-refractivity contribution in [2.24, 2.45) is 17.6 Å². The maximum Gasteiger partial charge on any atom is 0.0372 e. The summed E-state index contributed by atoms with van der Waals surface area (Å²) < 4.78 is 0. The van der Waals surface area contributed by atoms with Crippen molar-refractivity contribution >= 4 is 0 Å². The Morgan fingerprint density at radius 3 is 2.69 bits per heavy atom. The SMILES string of the molecule is Cc1ccc(C(N)C2CC2C)cn1. The van der Waals surface area contributed by atoms with Gasteiger partial charge in [-0.2, -0.15) is 0 Å². The Bertz CT molecular complexity index is 291. The monoisotopic (exact) mass is 176 g/mol. The molecule has 1 fully saturated rings. The summed E-state index contributed by atoms with van der Waals surface area (Å²) in [5, 5.41) is 0. The first-order valence-electron chi connectivity index (χ1n) is 4.86. The van der Waals surface area contributed by atoms with Gasteiger partial charge in [0.05, 0.1) is 0 Å². The molecule has 3 atom stereocenters. The Morgan fingerprint density at radius 1 is 1.54 bits per heavy atom. The number of aryl methyl sites for hydroxylation is 1. The fraction of sp³-hybridized carbons (Fsp3) is 0.545. The highest BCUT2D eigenvalue weighted by Crippen LogP contribution is 2.45. The maximum absolute atomic E-state index is 6.10. The number of nitrogens with two attached hydrogens (primary N) is 1. The molecule has 2 N–H and O–H groups in total. The highest BCUT2D eigenvalue weighted by molar-refractivity contribution is 5.19. The number of aromatic nitrogens is 1. The van der Waals surface area contributed by atoms with Crippen molar-refractivity contribution in [3.8, 4) is 0 Å². The van der Waals surface area contributed by atoms with Crippen LogP contribution in [0.4, 0.5) is 0 Å². The van der Waals surface area contributed by atoms with E-state index in [1.165, 1.54) is 12.0 Å². The second-order valence-electron chi connectivity index (χ2n) is 4.14. The van der Waals surface area contributed by atoms with Crippen molar-refractivity contribution in [2.45, 2.75) is 26.3 Å². The van der Waals surface area contributed by atoms with Crippen molar-refractivity contribution in [3.05, 3.63) is 29.6 Å². The topological polar surface area (TPSA) is 38.9 Å². The van der Waals surface area contributed by atoms with Crippen LogP contribution in [0, 0.1) is 18.8 Å². The largest absolute Gasteiger partial charge is 0.324 e. The quantitative estimate of drug-likeness (QED) is 0.749. The Hall–Kier alpha value is -0.890. The molecular weight excluding hydrogens is 160 g/mol. The van der Waals surface area contributed by atoms with Gasteiger partial charge in [-0.25, -0.2) is 0 Å². The van der Waals surface area contributed by atoms with E-state index >= 15 is 0 Å². The fourth-order valence-corrected chi connectivity index (χ4v) is 1.77. The molecule has 1 aliphatic rings. The highest BCUT2D eigenvalue weighted by atomic mass is 14.7. The summed E-state index contributed by atoms with van der Waals surface area (Å²) in [6, 6.07) is 4.32. The number of rotatable bonds is 2. The zero-order chi connectivity index (χ0) is 9.42. The van der Waals surface area contributed by atoms with Gasteiger partial charge in [0.1, 0.15) is 0 Å². The summed E-state index contributed by atoms with van der Waals surface area (Å²) in [4.78, 5) is 4.26. The lowest BCUT2D eigenvalue weighted by molar-refractivity contribution is 0.591. The second kappa shape index (κ2) is 3.11. The van der Waals surface area contributed by atoms with Crippen molar-refractivity contribution in [1.29, 1.82) is 0 Å². The minimum atomic E-state index is 0.197. The van der Waals surface area contributed by atoms with E-state index in [0.717, 1.165) is 11.6 Å². The molecule has 1 aromatic rings. The summed E-state index contributed by atoms with van der Waals surface area (Å²) in [6.45, 7) is 4.25. The Morgan fingerprint density at radius 2 is 2.23 bits per heavy atom. The molecule has 0 bridgehead atoms. The fourth-order valence-electron chi connectivity index (χ4n) is 1.77. The van der Waals surface area contributed by atoms with E-state index in [1.54, 1.807) is 0 Å². The molecule has 0 amide bonds. The lowest BCUT2D eigenvalue weighted by atomic mass is 10.0. The Kier molecular flexibility index (Phi) is 2.08. The molecule has 2 nitrogen and oxygen atoms in total. The molecule has 1 aromatic heterocycles. The first kappa shape index (κ1) is 8.70. The van der Waals surface area contributed by atoms with Gasteiger partial charge in [0.15, 0.2) is 0 Å². The first-order chi connectivity index (χ1) is 6.18. The molecule has 0 aliphatic heterocycles. The Balaban J connectivity index is 2.12. The predicted molar refractivity (Wildman–Crippen MR) is 53.2 cm³/mol. The summed E-state index contributed by atoms with van der Waals surface area (Å²) >= 11 is 0. The molecule has 0 radical (unpaired) electrons. The van der Waals surface area contributed by atoms with E-state index in [1.807, 2.05) is 19.2 Å². The number of pyridine rings is 1. The third-order valence-corrected chi connectivity index (χ3v) is 2.95. The van der Waals surface area contributed by atoms with Crippen molar-refractivity contribution < 1.29 is 0 Å². The van der Waals surface area contributed by atoms with E-state index in [-0.39, 0.29) is 6.04 Å².